The molecule has 9 nitrogen and oxygen atoms in total. The van der Waals surface area contributed by atoms with Crippen molar-refractivity contribution in [1.29, 1.82) is 0 Å². The van der Waals surface area contributed by atoms with Gasteiger partial charge in [-0.05, 0) is 53.3 Å². The number of carboxylic acid groups (broad SMARTS) is 1. The van der Waals surface area contributed by atoms with Crippen molar-refractivity contribution < 1.29 is 19.4 Å². The Bertz CT molecular complexity index is 1340. The van der Waals surface area contributed by atoms with Gasteiger partial charge in [0, 0.05) is 41.7 Å². The fourth-order valence-corrected chi connectivity index (χ4v) is 3.74. The van der Waals surface area contributed by atoms with Crippen LogP contribution < -0.4 is 21.7 Å². The van der Waals surface area contributed by atoms with Gasteiger partial charge in [-0.25, -0.2) is 14.6 Å². The highest BCUT2D eigenvalue weighted by molar-refractivity contribution is 6.02. The number of hydrogen-bond acceptors (Lipinski definition) is 5. The lowest BCUT2D eigenvalue weighted by Crippen LogP contribution is -2.22. The summed E-state index contributed by atoms with van der Waals surface area (Å²) in [6, 6.07) is 22.3. The molecular weight excluding hydrogens is 458 g/mol. The van der Waals surface area contributed by atoms with E-state index in [0.29, 0.717) is 43.4 Å². The van der Waals surface area contributed by atoms with Crippen LogP contribution in [0, 0.1) is 0 Å². The fourth-order valence-electron chi connectivity index (χ4n) is 3.74. The van der Waals surface area contributed by atoms with Crippen LogP contribution in [0.5, 0.6) is 0 Å². The first-order chi connectivity index (χ1) is 17.5. The maximum Gasteiger partial charge on any atom is 0.404 e. The highest BCUT2D eigenvalue weighted by Gasteiger charge is 2.10. The Morgan fingerprint density at radius 3 is 2.36 bits per heavy atom. The molecule has 1 heterocycles. The van der Waals surface area contributed by atoms with Crippen molar-refractivity contribution in [3.8, 4) is 11.1 Å². The number of nitrogen functional groups attached to an aromatic ring is 1. The quantitative estimate of drug-likeness (QED) is 0.204. The third-order valence-corrected chi connectivity index (χ3v) is 5.48. The van der Waals surface area contributed by atoms with Gasteiger partial charge < -0.3 is 31.5 Å². The predicted molar refractivity (Wildman–Crippen MR) is 141 cm³/mol. The van der Waals surface area contributed by atoms with E-state index in [4.69, 9.17) is 15.6 Å². The van der Waals surface area contributed by atoms with E-state index in [0.717, 1.165) is 27.5 Å². The minimum atomic E-state index is -1.04. The number of amides is 3. The number of nitrogens with zero attached hydrogens (tertiary/aromatic N) is 1. The van der Waals surface area contributed by atoms with E-state index >= 15 is 0 Å². The molecule has 0 spiro atoms. The Kier molecular flexibility index (Phi) is 7.94. The second kappa shape index (κ2) is 11.7. The molecule has 4 aromatic rings. The van der Waals surface area contributed by atoms with Crippen LogP contribution in [0.3, 0.4) is 0 Å². The summed E-state index contributed by atoms with van der Waals surface area (Å²) in [7, 11) is 0. The van der Waals surface area contributed by atoms with E-state index in [1.54, 1.807) is 6.20 Å². The first-order valence-corrected chi connectivity index (χ1v) is 11.4. The standard InChI is InChI=1S/C27H27N5O4/c28-25-22-12-7-18(17-36-14-4-13-29-27(34)35)15-23(22)24(16-30-25)19-8-10-21(11-9-19)32-26(33)31-20-5-2-1-3-6-20/h1-3,5-12,15-16,29H,4,13-14,17H2,(H2,28,30)(H,34,35)(H2,31,32,33). The lowest BCUT2D eigenvalue weighted by molar-refractivity contribution is 0.118. The van der Waals surface area contributed by atoms with Gasteiger partial charge in [0.2, 0.25) is 0 Å². The zero-order valence-electron chi connectivity index (χ0n) is 19.5. The normalized spacial score (nSPS) is 10.7. The van der Waals surface area contributed by atoms with Crippen LogP contribution in [-0.4, -0.2) is 35.4 Å². The molecule has 9 heteroatoms. The van der Waals surface area contributed by atoms with Crippen LogP contribution in [0.1, 0.15) is 12.0 Å². The minimum absolute atomic E-state index is 0.322. The van der Waals surface area contributed by atoms with Crippen molar-refractivity contribution in [1.82, 2.24) is 10.3 Å². The molecule has 36 heavy (non-hydrogen) atoms. The average Bonchev–Trinajstić information content (AvgIpc) is 2.87. The number of carbonyl (C=O) groups excluding carboxylic acids is 1. The number of hydrogen-bond donors (Lipinski definition) is 5. The van der Waals surface area contributed by atoms with Crippen LogP contribution in [0.15, 0.2) is 79.0 Å². The molecule has 0 aliphatic heterocycles. The van der Waals surface area contributed by atoms with Crippen LogP contribution >= 0.6 is 0 Å². The summed E-state index contributed by atoms with van der Waals surface area (Å²) in [4.78, 5) is 27.1. The van der Waals surface area contributed by atoms with Gasteiger partial charge in [-0.2, -0.15) is 0 Å². The molecule has 0 saturated heterocycles. The first kappa shape index (κ1) is 24.5. The number of benzene rings is 3. The number of nitrogens with one attached hydrogen (secondary N) is 3. The molecule has 0 fully saturated rings. The van der Waals surface area contributed by atoms with Crippen molar-refractivity contribution in [2.75, 3.05) is 29.5 Å². The SMILES string of the molecule is Nc1ncc(-c2ccc(NC(=O)Nc3ccccc3)cc2)c2cc(COCCCNC(=O)O)ccc12. The molecule has 184 valence electrons. The van der Waals surface area contributed by atoms with Gasteiger partial charge in [0.15, 0.2) is 0 Å². The van der Waals surface area contributed by atoms with Gasteiger partial charge in [-0.15, -0.1) is 0 Å². The van der Waals surface area contributed by atoms with E-state index in [9.17, 15) is 9.59 Å². The zero-order chi connectivity index (χ0) is 25.3. The van der Waals surface area contributed by atoms with E-state index in [-0.39, 0.29) is 6.03 Å². The van der Waals surface area contributed by atoms with Gasteiger partial charge in [-0.3, -0.25) is 0 Å². The Balaban J connectivity index is 1.45. The smallest absolute Gasteiger partial charge is 0.404 e. The molecule has 4 rings (SSSR count). The highest BCUT2D eigenvalue weighted by atomic mass is 16.5. The zero-order valence-corrected chi connectivity index (χ0v) is 19.5. The molecule has 6 N–H and O–H groups in total. The van der Waals surface area contributed by atoms with Crippen LogP contribution in [0.4, 0.5) is 26.8 Å². The van der Waals surface area contributed by atoms with Gasteiger partial charge in [0.1, 0.15) is 5.82 Å². The van der Waals surface area contributed by atoms with E-state index < -0.39 is 6.09 Å². The van der Waals surface area contributed by atoms with Gasteiger partial charge in [-0.1, -0.05) is 42.5 Å². The number of aromatic nitrogens is 1. The Morgan fingerprint density at radius 2 is 1.64 bits per heavy atom. The van der Waals surface area contributed by atoms with E-state index in [1.165, 1.54) is 0 Å². The monoisotopic (exact) mass is 485 g/mol. The molecule has 3 aromatic carbocycles. The number of pyridine rings is 1. The lowest BCUT2D eigenvalue weighted by Gasteiger charge is -2.12. The Morgan fingerprint density at radius 1 is 0.917 bits per heavy atom. The number of para-hydroxylation sites is 1. The molecule has 0 atom stereocenters. The van der Waals surface area contributed by atoms with E-state index in [2.05, 4.69) is 20.9 Å². The summed E-state index contributed by atoms with van der Waals surface area (Å²) < 4.78 is 5.70. The average molecular weight is 486 g/mol. The second-order valence-corrected chi connectivity index (χ2v) is 8.10. The molecule has 3 amide bonds. The summed E-state index contributed by atoms with van der Waals surface area (Å²) in [5.74, 6) is 0.442. The maximum absolute atomic E-state index is 12.3. The molecule has 0 aliphatic carbocycles. The summed E-state index contributed by atoms with van der Waals surface area (Å²) >= 11 is 0. The number of urea groups is 1. The topological polar surface area (TPSA) is 139 Å². The third kappa shape index (κ3) is 6.49. The predicted octanol–water partition coefficient (Wildman–Crippen LogP) is 5.30. The summed E-state index contributed by atoms with van der Waals surface area (Å²) in [5, 5.41) is 18.3. The molecule has 0 saturated carbocycles. The Labute approximate surface area is 208 Å². The number of carbonyl (C=O) groups is 2. The minimum Gasteiger partial charge on any atom is -0.465 e. The molecule has 0 radical (unpaired) electrons. The summed E-state index contributed by atoms with van der Waals surface area (Å²) in [6.45, 7) is 1.18. The van der Waals surface area contributed by atoms with Crippen molar-refractivity contribution in [3.63, 3.8) is 0 Å². The Hall–Kier alpha value is -4.63. The van der Waals surface area contributed by atoms with Gasteiger partial charge in [0.05, 0.1) is 6.61 Å². The van der Waals surface area contributed by atoms with Crippen LogP contribution in [0.2, 0.25) is 0 Å². The third-order valence-electron chi connectivity index (χ3n) is 5.48. The summed E-state index contributed by atoms with van der Waals surface area (Å²) in [6.07, 6.45) is 1.29. The number of fused-ring (bicyclic) bond motifs is 1. The van der Waals surface area contributed by atoms with Crippen LogP contribution in [-0.2, 0) is 11.3 Å². The molecular formula is C27H27N5O4. The largest absolute Gasteiger partial charge is 0.465 e. The molecule has 0 aliphatic rings. The van der Waals surface area contributed by atoms with Crippen LogP contribution in [0.25, 0.3) is 21.9 Å². The number of ether oxygens (including phenoxy) is 1. The van der Waals surface area contributed by atoms with Gasteiger partial charge in [0.25, 0.3) is 0 Å². The van der Waals surface area contributed by atoms with E-state index in [1.807, 2.05) is 72.8 Å². The van der Waals surface area contributed by atoms with Crippen molar-refractivity contribution in [3.05, 3.63) is 84.6 Å². The second-order valence-electron chi connectivity index (χ2n) is 8.10. The highest BCUT2D eigenvalue weighted by Crippen LogP contribution is 2.32. The number of nitrogens with two attached hydrogens (primary N) is 1. The van der Waals surface area contributed by atoms with Crippen molar-refractivity contribution in [2.45, 2.75) is 13.0 Å². The first-order valence-electron chi connectivity index (χ1n) is 11.4. The number of anilines is 3. The maximum atomic E-state index is 12.3. The number of rotatable bonds is 9. The molecule has 0 bridgehead atoms. The molecule has 1 aromatic heterocycles. The van der Waals surface area contributed by atoms with Gasteiger partial charge >= 0.3 is 12.1 Å². The summed E-state index contributed by atoms with van der Waals surface area (Å²) in [5.41, 5.74) is 10.3. The fraction of sp³-hybridized carbons (Fsp3) is 0.148. The van der Waals surface area contributed by atoms with Crippen molar-refractivity contribution >= 4 is 40.1 Å². The van der Waals surface area contributed by atoms with Crippen molar-refractivity contribution in [2.24, 2.45) is 0 Å². The lowest BCUT2D eigenvalue weighted by atomic mass is 9.98. The molecule has 0 unspecified atom stereocenters.